The van der Waals surface area contributed by atoms with Gasteiger partial charge in [0.2, 0.25) is 11.9 Å². The summed E-state index contributed by atoms with van der Waals surface area (Å²) in [6.45, 7) is 2.48. The Hall–Kier alpha value is -2.67. The van der Waals surface area contributed by atoms with Crippen molar-refractivity contribution in [1.29, 1.82) is 0 Å². The van der Waals surface area contributed by atoms with Gasteiger partial charge in [0.05, 0.1) is 5.39 Å². The lowest BCUT2D eigenvalue weighted by molar-refractivity contribution is 0.100. The summed E-state index contributed by atoms with van der Waals surface area (Å²) in [5.74, 6) is 0.0566. The SMILES string of the molecule is CCn1c(Nc2ccc(C(N)=O)cc2)nc2sc3c(c2c1=O)CCCC3. The van der Waals surface area contributed by atoms with Gasteiger partial charge in [-0.2, -0.15) is 0 Å². The predicted octanol–water partition coefficient (Wildman–Crippen LogP) is 3.20. The third kappa shape index (κ3) is 2.78. The van der Waals surface area contributed by atoms with Gasteiger partial charge in [0.15, 0.2) is 0 Å². The molecule has 1 amide bonds. The standard InChI is InChI=1S/C19H20N4O2S/c1-2-23-18(25)15-13-5-3-4-6-14(13)26-17(15)22-19(23)21-12-9-7-11(8-10-12)16(20)24/h7-10H,2-6H2,1H3,(H2,20,24)(H,21,22). The maximum absolute atomic E-state index is 13.1. The molecule has 0 aliphatic heterocycles. The lowest BCUT2D eigenvalue weighted by atomic mass is 9.97. The van der Waals surface area contributed by atoms with Crippen LogP contribution in [0.1, 0.15) is 40.6 Å². The van der Waals surface area contributed by atoms with Gasteiger partial charge in [0.25, 0.3) is 5.56 Å². The van der Waals surface area contributed by atoms with Gasteiger partial charge in [0.1, 0.15) is 4.83 Å². The molecule has 6 nitrogen and oxygen atoms in total. The quantitative estimate of drug-likeness (QED) is 0.740. The average molecular weight is 368 g/mol. The van der Waals surface area contributed by atoms with E-state index in [2.05, 4.69) is 5.32 Å². The van der Waals surface area contributed by atoms with Crippen molar-refractivity contribution in [2.24, 2.45) is 5.73 Å². The molecular formula is C19H20N4O2S. The number of carbonyl (C=O) groups is 1. The topological polar surface area (TPSA) is 90.0 Å². The highest BCUT2D eigenvalue weighted by atomic mass is 32.1. The molecule has 3 N–H and O–H groups in total. The van der Waals surface area contributed by atoms with E-state index in [9.17, 15) is 9.59 Å². The first kappa shape index (κ1) is 16.8. The lowest BCUT2D eigenvalue weighted by Gasteiger charge is -2.13. The van der Waals surface area contributed by atoms with Crippen molar-refractivity contribution in [1.82, 2.24) is 9.55 Å². The zero-order chi connectivity index (χ0) is 18.3. The van der Waals surface area contributed by atoms with E-state index in [1.54, 1.807) is 40.2 Å². The van der Waals surface area contributed by atoms with E-state index in [4.69, 9.17) is 10.7 Å². The number of hydrogen-bond donors (Lipinski definition) is 2. The Morgan fingerprint density at radius 2 is 2.00 bits per heavy atom. The first-order valence-electron chi connectivity index (χ1n) is 8.80. The van der Waals surface area contributed by atoms with E-state index in [-0.39, 0.29) is 5.56 Å². The summed E-state index contributed by atoms with van der Waals surface area (Å²) in [4.78, 5) is 31.1. The third-order valence-electron chi connectivity index (χ3n) is 4.82. The van der Waals surface area contributed by atoms with Crippen LogP contribution in [-0.4, -0.2) is 15.5 Å². The number of primary amides is 1. The molecule has 26 heavy (non-hydrogen) atoms. The molecule has 2 heterocycles. The molecule has 0 fully saturated rings. The highest BCUT2D eigenvalue weighted by Crippen LogP contribution is 2.34. The summed E-state index contributed by atoms with van der Waals surface area (Å²) >= 11 is 1.64. The molecule has 0 saturated carbocycles. The van der Waals surface area contributed by atoms with E-state index < -0.39 is 5.91 Å². The summed E-state index contributed by atoms with van der Waals surface area (Å²) in [5, 5.41) is 4.00. The second kappa shape index (κ2) is 6.57. The van der Waals surface area contributed by atoms with Crippen LogP contribution in [-0.2, 0) is 19.4 Å². The molecule has 0 unspecified atom stereocenters. The molecule has 0 atom stereocenters. The minimum absolute atomic E-state index is 0.0214. The molecule has 3 aromatic rings. The van der Waals surface area contributed by atoms with Gasteiger partial charge in [-0.1, -0.05) is 0 Å². The van der Waals surface area contributed by atoms with E-state index in [0.29, 0.717) is 18.1 Å². The van der Waals surface area contributed by atoms with Gasteiger partial charge in [-0.25, -0.2) is 4.98 Å². The molecule has 0 spiro atoms. The summed E-state index contributed by atoms with van der Waals surface area (Å²) < 4.78 is 1.67. The Morgan fingerprint density at radius 3 is 2.69 bits per heavy atom. The van der Waals surface area contributed by atoms with Crippen molar-refractivity contribution in [3.05, 3.63) is 50.6 Å². The smallest absolute Gasteiger partial charge is 0.263 e. The van der Waals surface area contributed by atoms with Gasteiger partial charge >= 0.3 is 0 Å². The minimum atomic E-state index is -0.467. The molecule has 7 heteroatoms. The summed E-state index contributed by atoms with van der Waals surface area (Å²) in [6.07, 6.45) is 4.33. The maximum atomic E-state index is 13.1. The fourth-order valence-corrected chi connectivity index (χ4v) is 4.73. The molecule has 0 saturated heterocycles. The Kier molecular flexibility index (Phi) is 4.24. The van der Waals surface area contributed by atoms with E-state index in [0.717, 1.165) is 35.2 Å². The lowest BCUT2D eigenvalue weighted by Crippen LogP contribution is -2.23. The van der Waals surface area contributed by atoms with Crippen molar-refractivity contribution in [3.63, 3.8) is 0 Å². The molecule has 1 aromatic carbocycles. The number of anilines is 2. The van der Waals surface area contributed by atoms with Crippen molar-refractivity contribution < 1.29 is 4.79 Å². The fraction of sp³-hybridized carbons (Fsp3) is 0.316. The molecule has 0 bridgehead atoms. The fourth-order valence-electron chi connectivity index (χ4n) is 3.47. The van der Waals surface area contributed by atoms with Crippen LogP contribution < -0.4 is 16.6 Å². The number of carbonyl (C=O) groups excluding carboxylic acids is 1. The number of nitrogens with two attached hydrogens (primary N) is 1. The number of fused-ring (bicyclic) bond motifs is 3. The highest BCUT2D eigenvalue weighted by molar-refractivity contribution is 7.18. The number of rotatable bonds is 4. The van der Waals surface area contributed by atoms with Gasteiger partial charge in [0, 0.05) is 22.7 Å². The van der Waals surface area contributed by atoms with Gasteiger partial charge in [-0.15, -0.1) is 11.3 Å². The number of amides is 1. The number of nitrogens with zero attached hydrogens (tertiary/aromatic N) is 2. The number of nitrogens with one attached hydrogen (secondary N) is 1. The van der Waals surface area contributed by atoms with Crippen molar-refractivity contribution >= 4 is 39.1 Å². The second-order valence-corrected chi connectivity index (χ2v) is 7.53. The van der Waals surface area contributed by atoms with Crippen LogP contribution in [0.25, 0.3) is 10.2 Å². The normalized spacial score (nSPS) is 13.6. The summed E-state index contributed by atoms with van der Waals surface area (Å²) in [5.41, 5.74) is 7.70. The van der Waals surface area contributed by atoms with Crippen molar-refractivity contribution in [3.8, 4) is 0 Å². The summed E-state index contributed by atoms with van der Waals surface area (Å²) in [6, 6.07) is 6.83. The van der Waals surface area contributed by atoms with Crippen LogP contribution in [0.3, 0.4) is 0 Å². The number of aryl methyl sites for hydroxylation is 2. The van der Waals surface area contributed by atoms with Crippen molar-refractivity contribution in [2.75, 3.05) is 5.32 Å². The number of thiophene rings is 1. The van der Waals surface area contributed by atoms with Crippen LogP contribution in [0.4, 0.5) is 11.6 Å². The molecule has 1 aliphatic rings. The number of benzene rings is 1. The van der Waals surface area contributed by atoms with E-state index in [1.165, 1.54) is 16.9 Å². The molecule has 0 radical (unpaired) electrons. The number of hydrogen-bond acceptors (Lipinski definition) is 5. The minimum Gasteiger partial charge on any atom is -0.366 e. The monoisotopic (exact) mass is 368 g/mol. The van der Waals surface area contributed by atoms with E-state index in [1.807, 2.05) is 6.92 Å². The third-order valence-corrected chi connectivity index (χ3v) is 6.00. The zero-order valence-electron chi connectivity index (χ0n) is 14.5. The molecule has 4 rings (SSSR count). The predicted molar refractivity (Wildman–Crippen MR) is 104 cm³/mol. The van der Waals surface area contributed by atoms with Crippen LogP contribution in [0.2, 0.25) is 0 Å². The van der Waals surface area contributed by atoms with E-state index >= 15 is 0 Å². The Bertz CT molecular complexity index is 1050. The highest BCUT2D eigenvalue weighted by Gasteiger charge is 2.21. The van der Waals surface area contributed by atoms with Crippen molar-refractivity contribution in [2.45, 2.75) is 39.2 Å². The average Bonchev–Trinajstić information content (AvgIpc) is 3.01. The molecular weight excluding hydrogens is 348 g/mol. The second-order valence-electron chi connectivity index (χ2n) is 6.44. The molecule has 134 valence electrons. The van der Waals surface area contributed by atoms with Crippen LogP contribution in [0, 0.1) is 0 Å². The Balaban J connectivity index is 1.79. The molecule has 1 aliphatic carbocycles. The Morgan fingerprint density at radius 1 is 1.27 bits per heavy atom. The number of aromatic nitrogens is 2. The zero-order valence-corrected chi connectivity index (χ0v) is 15.4. The van der Waals surface area contributed by atoms with Gasteiger partial charge < -0.3 is 11.1 Å². The van der Waals surface area contributed by atoms with Crippen LogP contribution in [0.15, 0.2) is 29.1 Å². The maximum Gasteiger partial charge on any atom is 0.263 e. The largest absolute Gasteiger partial charge is 0.366 e. The van der Waals surface area contributed by atoms with Crippen LogP contribution >= 0.6 is 11.3 Å². The molecule has 2 aromatic heterocycles. The van der Waals surface area contributed by atoms with Gasteiger partial charge in [-0.05, 0) is 62.4 Å². The summed E-state index contributed by atoms with van der Waals surface area (Å²) in [7, 11) is 0. The first-order chi connectivity index (χ1) is 12.6. The Labute approximate surface area is 154 Å². The van der Waals surface area contributed by atoms with Gasteiger partial charge in [-0.3, -0.25) is 14.2 Å². The van der Waals surface area contributed by atoms with Crippen LogP contribution in [0.5, 0.6) is 0 Å². The first-order valence-corrected chi connectivity index (χ1v) is 9.62.